The first-order chi connectivity index (χ1) is 12.2. The monoisotopic (exact) mass is 493 g/mol. The molecule has 0 aliphatic carbocycles. The summed E-state index contributed by atoms with van der Waals surface area (Å²) < 4.78 is 0. The van der Waals surface area contributed by atoms with Crippen molar-refractivity contribution in [1.82, 2.24) is 20.5 Å². The van der Waals surface area contributed by atoms with E-state index in [0.29, 0.717) is 0 Å². The van der Waals surface area contributed by atoms with Gasteiger partial charge in [0.1, 0.15) is 0 Å². The van der Waals surface area contributed by atoms with Crippen LogP contribution in [0.5, 0.6) is 0 Å². The van der Waals surface area contributed by atoms with Crippen LogP contribution in [0.15, 0.2) is 4.99 Å². The average molecular weight is 494 g/mol. The Morgan fingerprint density at radius 2 is 1.85 bits per heavy atom. The lowest BCUT2D eigenvalue weighted by Gasteiger charge is -2.20. The second-order valence-electron chi connectivity index (χ2n) is 6.75. The molecule has 1 aliphatic rings. The highest BCUT2D eigenvalue weighted by Crippen LogP contribution is 2.17. The van der Waals surface area contributed by atoms with Crippen molar-refractivity contribution >= 4 is 41.3 Å². The van der Waals surface area contributed by atoms with E-state index in [-0.39, 0.29) is 24.0 Å². The molecule has 1 fully saturated rings. The largest absolute Gasteiger partial charge is 0.356 e. The fourth-order valence-corrected chi connectivity index (χ4v) is 4.32. The van der Waals surface area contributed by atoms with Gasteiger partial charge in [-0.1, -0.05) is 19.8 Å². The predicted molar refractivity (Wildman–Crippen MR) is 124 cm³/mol. The first-order valence-electron chi connectivity index (χ1n) is 9.85. The van der Waals surface area contributed by atoms with Crippen LogP contribution in [0.4, 0.5) is 0 Å². The van der Waals surface area contributed by atoms with E-state index in [1.54, 1.807) is 0 Å². The van der Waals surface area contributed by atoms with Crippen LogP contribution >= 0.6 is 35.3 Å². The standard InChI is InChI=1S/C19H35N5S.HI/c1-4-17-16(2)25-18(23-17)10-12-22-19(20-3)21-11-9-15-24-13-7-5-6-8-14-24;/h4-15H2,1-3H3,(H2,20,21,22);1H. The van der Waals surface area contributed by atoms with Gasteiger partial charge in [-0.3, -0.25) is 4.99 Å². The maximum Gasteiger partial charge on any atom is 0.190 e. The van der Waals surface area contributed by atoms with Crippen LogP contribution in [0.1, 0.15) is 54.6 Å². The summed E-state index contributed by atoms with van der Waals surface area (Å²) in [7, 11) is 1.84. The summed E-state index contributed by atoms with van der Waals surface area (Å²) in [5, 5.41) is 8.06. The van der Waals surface area contributed by atoms with Crippen molar-refractivity contribution in [2.24, 2.45) is 4.99 Å². The Morgan fingerprint density at radius 1 is 1.15 bits per heavy atom. The third kappa shape index (κ3) is 8.52. The first kappa shape index (κ1) is 23.6. The Bertz CT molecular complexity index is 524. The molecule has 0 amide bonds. The zero-order valence-electron chi connectivity index (χ0n) is 16.6. The van der Waals surface area contributed by atoms with E-state index in [1.807, 2.05) is 18.4 Å². The molecule has 1 saturated heterocycles. The number of halogens is 1. The fraction of sp³-hybridized carbons (Fsp3) is 0.789. The number of nitrogens with one attached hydrogen (secondary N) is 2. The highest BCUT2D eigenvalue weighted by atomic mass is 127. The van der Waals surface area contributed by atoms with Crippen molar-refractivity contribution < 1.29 is 0 Å². The first-order valence-corrected chi connectivity index (χ1v) is 10.7. The lowest BCUT2D eigenvalue weighted by Crippen LogP contribution is -2.39. The topological polar surface area (TPSA) is 52.6 Å². The Kier molecular flexibility index (Phi) is 12.5. The van der Waals surface area contributed by atoms with E-state index in [1.165, 1.54) is 67.3 Å². The molecular formula is C19H36IN5S. The second-order valence-corrected chi connectivity index (χ2v) is 8.04. The van der Waals surface area contributed by atoms with Gasteiger partial charge in [0.15, 0.2) is 5.96 Å². The van der Waals surface area contributed by atoms with Crippen molar-refractivity contribution in [3.05, 3.63) is 15.6 Å². The number of aliphatic imine (C=N–C) groups is 1. The summed E-state index contributed by atoms with van der Waals surface area (Å²) in [4.78, 5) is 13.0. The van der Waals surface area contributed by atoms with Gasteiger partial charge in [-0.05, 0) is 52.2 Å². The molecule has 0 radical (unpaired) electrons. The van der Waals surface area contributed by atoms with Crippen LogP contribution in [0.3, 0.4) is 0 Å². The third-order valence-corrected chi connectivity index (χ3v) is 5.84. The number of nitrogens with zero attached hydrogens (tertiary/aromatic N) is 3. The van der Waals surface area contributed by atoms with Crippen molar-refractivity contribution in [3.63, 3.8) is 0 Å². The summed E-state index contributed by atoms with van der Waals surface area (Å²) in [6.07, 6.45) is 8.70. The van der Waals surface area contributed by atoms with Gasteiger partial charge in [-0.2, -0.15) is 0 Å². The number of rotatable bonds is 8. The van der Waals surface area contributed by atoms with Crippen molar-refractivity contribution in [3.8, 4) is 0 Å². The highest BCUT2D eigenvalue weighted by Gasteiger charge is 2.08. The molecule has 0 aromatic carbocycles. The Balaban J connectivity index is 0.00000338. The summed E-state index contributed by atoms with van der Waals surface area (Å²) in [5.41, 5.74) is 1.25. The molecule has 2 rings (SSSR count). The second kappa shape index (κ2) is 13.7. The molecule has 0 spiro atoms. The van der Waals surface area contributed by atoms with Crippen LogP contribution in [0, 0.1) is 6.92 Å². The quantitative estimate of drug-likeness (QED) is 0.252. The van der Waals surface area contributed by atoms with Crippen molar-refractivity contribution in [2.45, 2.75) is 58.8 Å². The van der Waals surface area contributed by atoms with E-state index in [4.69, 9.17) is 4.98 Å². The molecule has 7 heteroatoms. The minimum absolute atomic E-state index is 0. The van der Waals surface area contributed by atoms with E-state index >= 15 is 0 Å². The number of hydrogen-bond acceptors (Lipinski definition) is 4. The Morgan fingerprint density at radius 3 is 2.46 bits per heavy atom. The number of thiazole rings is 1. The lowest BCUT2D eigenvalue weighted by atomic mass is 10.2. The zero-order chi connectivity index (χ0) is 17.9. The molecule has 1 aromatic rings. The van der Waals surface area contributed by atoms with Gasteiger partial charge >= 0.3 is 0 Å². The van der Waals surface area contributed by atoms with Gasteiger partial charge in [-0.25, -0.2) is 4.98 Å². The number of aromatic nitrogens is 1. The fourth-order valence-electron chi connectivity index (χ4n) is 3.30. The van der Waals surface area contributed by atoms with Crippen LogP contribution in [-0.2, 0) is 12.8 Å². The zero-order valence-corrected chi connectivity index (χ0v) is 19.8. The van der Waals surface area contributed by atoms with E-state index in [0.717, 1.165) is 31.9 Å². The van der Waals surface area contributed by atoms with Gasteiger partial charge < -0.3 is 15.5 Å². The van der Waals surface area contributed by atoms with Gasteiger partial charge in [0, 0.05) is 31.4 Å². The van der Waals surface area contributed by atoms with Gasteiger partial charge in [0.05, 0.1) is 10.7 Å². The molecule has 2 N–H and O–H groups in total. The minimum Gasteiger partial charge on any atom is -0.356 e. The number of guanidine groups is 1. The maximum atomic E-state index is 4.70. The molecule has 5 nitrogen and oxygen atoms in total. The summed E-state index contributed by atoms with van der Waals surface area (Å²) in [6.45, 7) is 9.94. The maximum absolute atomic E-state index is 4.70. The predicted octanol–water partition coefficient (Wildman–Crippen LogP) is 3.61. The molecule has 0 bridgehead atoms. The van der Waals surface area contributed by atoms with Crippen molar-refractivity contribution in [1.29, 1.82) is 0 Å². The molecule has 1 aliphatic heterocycles. The van der Waals surface area contributed by atoms with Gasteiger partial charge in [0.25, 0.3) is 0 Å². The summed E-state index contributed by atoms with van der Waals surface area (Å²) in [6, 6.07) is 0. The van der Waals surface area contributed by atoms with Gasteiger partial charge in [0.2, 0.25) is 0 Å². The molecular weight excluding hydrogens is 457 g/mol. The Hall–Kier alpha value is -0.410. The molecule has 26 heavy (non-hydrogen) atoms. The van der Waals surface area contributed by atoms with Crippen LogP contribution in [0.25, 0.3) is 0 Å². The van der Waals surface area contributed by atoms with Crippen molar-refractivity contribution in [2.75, 3.05) is 39.8 Å². The number of aryl methyl sites for hydroxylation is 2. The van der Waals surface area contributed by atoms with Crippen LogP contribution in [0.2, 0.25) is 0 Å². The highest BCUT2D eigenvalue weighted by molar-refractivity contribution is 14.0. The molecule has 2 heterocycles. The molecule has 0 atom stereocenters. The average Bonchev–Trinajstić information content (AvgIpc) is 2.81. The summed E-state index contributed by atoms with van der Waals surface area (Å²) >= 11 is 1.82. The molecule has 0 saturated carbocycles. The molecule has 1 aromatic heterocycles. The smallest absolute Gasteiger partial charge is 0.190 e. The van der Waals surface area contributed by atoms with E-state index in [2.05, 4.69) is 34.4 Å². The minimum atomic E-state index is 0. The van der Waals surface area contributed by atoms with Crippen LogP contribution < -0.4 is 10.6 Å². The molecule has 0 unspecified atom stereocenters. The lowest BCUT2D eigenvalue weighted by molar-refractivity contribution is 0.282. The van der Waals surface area contributed by atoms with E-state index < -0.39 is 0 Å². The molecule has 150 valence electrons. The normalized spacial score (nSPS) is 16.0. The SMILES string of the molecule is CCc1nc(CCNC(=NC)NCCCN2CCCCCC2)sc1C.I. The van der Waals surface area contributed by atoms with E-state index in [9.17, 15) is 0 Å². The summed E-state index contributed by atoms with van der Waals surface area (Å²) in [5.74, 6) is 0.903. The Labute approximate surface area is 180 Å². The number of hydrogen-bond donors (Lipinski definition) is 2. The van der Waals surface area contributed by atoms with Gasteiger partial charge in [-0.15, -0.1) is 35.3 Å². The van der Waals surface area contributed by atoms with Crippen LogP contribution in [-0.4, -0.2) is 55.6 Å². The number of likely N-dealkylation sites (tertiary alicyclic amines) is 1. The third-order valence-electron chi connectivity index (χ3n) is 4.77.